The van der Waals surface area contributed by atoms with Gasteiger partial charge in [0.1, 0.15) is 11.8 Å². The van der Waals surface area contributed by atoms with Gasteiger partial charge in [-0.2, -0.15) is 0 Å². The van der Waals surface area contributed by atoms with Crippen molar-refractivity contribution in [3.63, 3.8) is 0 Å². The molecule has 3 saturated heterocycles. The average molecular weight is 636 g/mol. The van der Waals surface area contributed by atoms with Gasteiger partial charge in [0.25, 0.3) is 5.91 Å². The van der Waals surface area contributed by atoms with Crippen molar-refractivity contribution < 1.29 is 23.8 Å². The second kappa shape index (κ2) is 14.8. The predicted molar refractivity (Wildman–Crippen MR) is 170 cm³/mol. The largest absolute Gasteiger partial charge is 0.493 e. The molecule has 46 heavy (non-hydrogen) atoms. The third kappa shape index (κ3) is 7.40. The van der Waals surface area contributed by atoms with Crippen LogP contribution >= 0.6 is 0 Å². The summed E-state index contributed by atoms with van der Waals surface area (Å²) in [6, 6.07) is 6.78. The van der Waals surface area contributed by atoms with Crippen molar-refractivity contribution in [2.24, 2.45) is 5.92 Å². The lowest BCUT2D eigenvalue weighted by Gasteiger charge is -2.43. The molecule has 2 aromatic rings. The van der Waals surface area contributed by atoms with Gasteiger partial charge >= 0.3 is 0 Å². The topological polar surface area (TPSA) is 114 Å². The van der Waals surface area contributed by atoms with E-state index in [1.165, 1.54) is 32.1 Å². The lowest BCUT2D eigenvalue weighted by atomic mass is 9.88. The van der Waals surface area contributed by atoms with E-state index >= 15 is 0 Å². The number of para-hydroxylation sites is 1. The van der Waals surface area contributed by atoms with Crippen LogP contribution in [0.3, 0.4) is 0 Å². The van der Waals surface area contributed by atoms with Crippen LogP contribution in [0.4, 0.5) is 0 Å². The Balaban J connectivity index is 1.10. The predicted octanol–water partition coefficient (Wildman–Crippen LogP) is 2.50. The molecule has 0 spiro atoms. The van der Waals surface area contributed by atoms with Crippen molar-refractivity contribution in [3.8, 4) is 5.75 Å². The lowest BCUT2D eigenvalue weighted by molar-refractivity contribution is -0.130. The maximum absolute atomic E-state index is 14.1. The van der Waals surface area contributed by atoms with Crippen LogP contribution in [-0.4, -0.2) is 125 Å². The molecule has 1 aromatic heterocycles. The van der Waals surface area contributed by atoms with Crippen LogP contribution in [0, 0.1) is 5.92 Å². The van der Waals surface area contributed by atoms with Gasteiger partial charge in [0.05, 0.1) is 55.5 Å². The first kappa shape index (κ1) is 31.5. The zero-order chi connectivity index (χ0) is 31.3. The molecule has 2 bridgehead atoms. The number of carbonyl (C=O) groups is 2. The van der Waals surface area contributed by atoms with Crippen molar-refractivity contribution in [1.29, 1.82) is 0 Å². The quantitative estimate of drug-likeness (QED) is 0.530. The average Bonchev–Trinajstić information content (AvgIpc) is 3.56. The number of nitrogens with zero attached hydrogens (tertiary/aromatic N) is 6. The number of nitrogens with one attached hydrogen (secondary N) is 1. The first-order valence-electron chi connectivity index (χ1n) is 17.5. The third-order valence-electron chi connectivity index (χ3n) is 10.5. The Hall–Kier alpha value is -3.06. The number of benzene rings is 1. The van der Waals surface area contributed by atoms with Gasteiger partial charge in [-0.3, -0.25) is 19.4 Å². The molecule has 5 heterocycles. The minimum Gasteiger partial charge on any atom is -0.493 e. The Morgan fingerprint density at radius 1 is 0.891 bits per heavy atom. The Labute approximate surface area is 271 Å². The summed E-state index contributed by atoms with van der Waals surface area (Å²) in [5.74, 6) is 0.952. The third-order valence-corrected chi connectivity index (χ3v) is 10.5. The molecule has 12 nitrogen and oxygen atoms in total. The van der Waals surface area contributed by atoms with E-state index in [0.29, 0.717) is 49.9 Å². The zero-order valence-corrected chi connectivity index (χ0v) is 26.9. The summed E-state index contributed by atoms with van der Waals surface area (Å²) in [5, 5.41) is 12.2. The highest BCUT2D eigenvalue weighted by molar-refractivity contribution is 6.00. The van der Waals surface area contributed by atoms with Gasteiger partial charge in [-0.25, -0.2) is 4.68 Å². The van der Waals surface area contributed by atoms with Crippen LogP contribution in [0.1, 0.15) is 73.5 Å². The van der Waals surface area contributed by atoms with E-state index in [2.05, 4.69) is 25.4 Å². The first-order valence-corrected chi connectivity index (χ1v) is 17.5. The fourth-order valence-corrected chi connectivity index (χ4v) is 7.93. The Bertz CT molecular complexity index is 1330. The Morgan fingerprint density at radius 3 is 2.61 bits per heavy atom. The van der Waals surface area contributed by atoms with Crippen molar-refractivity contribution in [2.75, 3.05) is 65.6 Å². The molecule has 4 fully saturated rings. The molecule has 4 aliphatic heterocycles. The van der Waals surface area contributed by atoms with Gasteiger partial charge in [0.2, 0.25) is 5.91 Å². The van der Waals surface area contributed by atoms with Crippen LogP contribution in [0.5, 0.6) is 5.75 Å². The van der Waals surface area contributed by atoms with E-state index in [1.54, 1.807) is 4.90 Å². The zero-order valence-electron chi connectivity index (χ0n) is 26.9. The van der Waals surface area contributed by atoms with Crippen LogP contribution < -0.4 is 10.1 Å². The number of hydrogen-bond donors (Lipinski definition) is 1. The van der Waals surface area contributed by atoms with Gasteiger partial charge in [-0.05, 0) is 43.7 Å². The second-order valence-corrected chi connectivity index (χ2v) is 13.7. The number of carbonyl (C=O) groups excluding carboxylic acids is 2. The van der Waals surface area contributed by atoms with Gasteiger partial charge in [-0.15, -0.1) is 5.10 Å². The molecule has 0 unspecified atom stereocenters. The highest BCUT2D eigenvalue weighted by Crippen LogP contribution is 2.32. The molecule has 1 aromatic carbocycles. The molecule has 12 heteroatoms. The van der Waals surface area contributed by atoms with Crippen molar-refractivity contribution >= 4 is 11.8 Å². The smallest absolute Gasteiger partial charge is 0.258 e. The molecule has 0 radical (unpaired) electrons. The van der Waals surface area contributed by atoms with E-state index in [-0.39, 0.29) is 30.1 Å². The summed E-state index contributed by atoms with van der Waals surface area (Å²) in [6.45, 7) is 7.59. The molecule has 4 atom stereocenters. The molecule has 2 amide bonds. The van der Waals surface area contributed by atoms with Crippen LogP contribution in [0.2, 0.25) is 0 Å². The van der Waals surface area contributed by atoms with E-state index in [0.717, 1.165) is 64.5 Å². The number of fused-ring (bicyclic) bond motifs is 4. The Kier molecular flexibility index (Phi) is 10.1. The lowest BCUT2D eigenvalue weighted by Crippen LogP contribution is -2.61. The SMILES string of the molecule is O=C1NC[C@H]2O[C@H](CCOc3ccccc3C(=O)N3CCN(CC4CCCCC4)C[C@@H]13)CC[C@H]2n1cc(CN2CCOCC2)nn1. The summed E-state index contributed by atoms with van der Waals surface area (Å²) in [5.41, 5.74) is 1.44. The summed E-state index contributed by atoms with van der Waals surface area (Å²) in [6.07, 6.45) is 10.5. The number of amides is 2. The number of rotatable bonds is 5. The van der Waals surface area contributed by atoms with Crippen molar-refractivity contribution in [1.82, 2.24) is 35.0 Å². The second-order valence-electron chi connectivity index (χ2n) is 13.7. The van der Waals surface area contributed by atoms with Gasteiger partial charge in [-0.1, -0.05) is 36.6 Å². The molecule has 250 valence electrons. The maximum atomic E-state index is 14.1. The number of hydrogen-bond acceptors (Lipinski definition) is 9. The van der Waals surface area contributed by atoms with Crippen LogP contribution in [-0.2, 0) is 20.8 Å². The fraction of sp³-hybridized carbons (Fsp3) is 0.706. The standard InChI is InChI=1S/C34H49N7O5/c42-33-30-24-39(21-25-6-2-1-3-7-25)13-14-40(30)34(43)28-8-4-5-9-31(28)45-17-12-27-10-11-29(32(46-27)20-35-33)41-23-26(36-37-41)22-38-15-18-44-19-16-38/h4-5,8-9,23,25,27,29-30,32H,1-3,6-7,10-22,24H2,(H,35,42)/t27-,29+,30-,32+/m0/s1. The summed E-state index contributed by atoms with van der Waals surface area (Å²) in [7, 11) is 0. The van der Waals surface area contributed by atoms with Gasteiger partial charge < -0.3 is 24.4 Å². The summed E-state index contributed by atoms with van der Waals surface area (Å²) >= 11 is 0. The molecule has 1 saturated carbocycles. The minimum atomic E-state index is -0.592. The molecular formula is C34H49N7O5. The van der Waals surface area contributed by atoms with E-state index in [9.17, 15) is 9.59 Å². The van der Waals surface area contributed by atoms with E-state index in [1.807, 2.05) is 35.1 Å². The van der Waals surface area contributed by atoms with Gasteiger partial charge in [0, 0.05) is 58.8 Å². The number of ether oxygens (including phenoxy) is 3. The summed E-state index contributed by atoms with van der Waals surface area (Å²) in [4.78, 5) is 34.6. The van der Waals surface area contributed by atoms with Crippen molar-refractivity contribution in [3.05, 3.63) is 41.7 Å². The first-order chi connectivity index (χ1) is 22.6. The fourth-order valence-electron chi connectivity index (χ4n) is 7.93. The van der Waals surface area contributed by atoms with Crippen LogP contribution in [0.15, 0.2) is 30.5 Å². The normalized spacial score (nSPS) is 29.3. The highest BCUT2D eigenvalue weighted by Gasteiger charge is 2.39. The monoisotopic (exact) mass is 635 g/mol. The van der Waals surface area contributed by atoms with Crippen molar-refractivity contribution in [2.45, 2.75) is 82.2 Å². The number of morpholine rings is 1. The minimum absolute atomic E-state index is 0.0162. The summed E-state index contributed by atoms with van der Waals surface area (Å²) < 4.78 is 20.3. The maximum Gasteiger partial charge on any atom is 0.258 e. The van der Waals surface area contributed by atoms with E-state index in [4.69, 9.17) is 14.2 Å². The highest BCUT2D eigenvalue weighted by atomic mass is 16.5. The van der Waals surface area contributed by atoms with Crippen LogP contribution in [0.25, 0.3) is 0 Å². The Morgan fingerprint density at radius 2 is 1.74 bits per heavy atom. The van der Waals surface area contributed by atoms with E-state index < -0.39 is 6.04 Å². The number of piperazine rings is 1. The molecule has 1 N–H and O–H groups in total. The number of aromatic nitrogens is 3. The molecule has 5 aliphatic rings. The molecular weight excluding hydrogens is 586 g/mol. The van der Waals surface area contributed by atoms with Gasteiger partial charge in [0.15, 0.2) is 0 Å². The molecule has 1 aliphatic carbocycles. The molecule has 7 rings (SSSR count).